The smallest absolute Gasteiger partial charge is 0.236 e. The highest BCUT2D eigenvalue weighted by Gasteiger charge is 2.29. The Kier molecular flexibility index (Phi) is 7.10. The number of rotatable bonds is 7. The molecule has 0 saturated carbocycles. The minimum Gasteiger partial charge on any atom is -0.496 e. The lowest BCUT2D eigenvalue weighted by molar-refractivity contribution is -0.134. The van der Waals surface area contributed by atoms with E-state index >= 15 is 0 Å². The third-order valence-electron chi connectivity index (χ3n) is 6.09. The fourth-order valence-corrected chi connectivity index (χ4v) is 4.43. The summed E-state index contributed by atoms with van der Waals surface area (Å²) in [7, 11) is 1.68. The van der Waals surface area contributed by atoms with Gasteiger partial charge in [-0.3, -0.25) is 9.69 Å². The maximum atomic E-state index is 13.2. The Morgan fingerprint density at radius 1 is 1.19 bits per heavy atom. The summed E-state index contributed by atoms with van der Waals surface area (Å²) in [5.41, 5.74) is 2.08. The lowest BCUT2D eigenvalue weighted by Crippen LogP contribution is -2.44. The van der Waals surface area contributed by atoms with Crippen LogP contribution in [0.4, 0.5) is 0 Å². The van der Waals surface area contributed by atoms with E-state index in [2.05, 4.69) is 11.0 Å². The van der Waals surface area contributed by atoms with E-state index in [9.17, 15) is 4.79 Å². The van der Waals surface area contributed by atoms with Gasteiger partial charge in [0, 0.05) is 43.9 Å². The van der Waals surface area contributed by atoms with Crippen molar-refractivity contribution in [2.24, 2.45) is 0 Å². The zero-order valence-corrected chi connectivity index (χ0v) is 18.5. The van der Waals surface area contributed by atoms with Crippen LogP contribution in [-0.4, -0.2) is 61.7 Å². The first kappa shape index (κ1) is 21.7. The first-order chi connectivity index (χ1) is 15.2. The highest BCUT2D eigenvalue weighted by atomic mass is 16.5. The van der Waals surface area contributed by atoms with Crippen molar-refractivity contribution >= 4 is 5.91 Å². The number of ether oxygens (including phenoxy) is 3. The number of amides is 1. The van der Waals surface area contributed by atoms with Crippen LogP contribution in [0.2, 0.25) is 0 Å². The molecule has 166 valence electrons. The normalized spacial score (nSPS) is 21.1. The van der Waals surface area contributed by atoms with E-state index in [0.29, 0.717) is 32.7 Å². The van der Waals surface area contributed by atoms with Gasteiger partial charge in [-0.05, 0) is 31.9 Å². The number of likely N-dealkylation sites (N-methyl/N-ethyl adjacent to an activating group) is 1. The topological polar surface area (TPSA) is 51.2 Å². The Morgan fingerprint density at radius 2 is 2.00 bits per heavy atom. The molecule has 6 heteroatoms. The molecule has 6 nitrogen and oxygen atoms in total. The van der Waals surface area contributed by atoms with Crippen molar-refractivity contribution in [2.45, 2.75) is 38.5 Å². The molecule has 0 N–H and O–H groups in total. The van der Waals surface area contributed by atoms with E-state index < -0.39 is 0 Å². The summed E-state index contributed by atoms with van der Waals surface area (Å²) in [4.78, 5) is 17.3. The van der Waals surface area contributed by atoms with Gasteiger partial charge in [-0.2, -0.15) is 0 Å². The van der Waals surface area contributed by atoms with Gasteiger partial charge in [-0.25, -0.2) is 0 Å². The van der Waals surface area contributed by atoms with Gasteiger partial charge >= 0.3 is 0 Å². The number of benzene rings is 2. The van der Waals surface area contributed by atoms with E-state index in [0.717, 1.165) is 42.1 Å². The molecule has 1 saturated heterocycles. The van der Waals surface area contributed by atoms with Crippen LogP contribution >= 0.6 is 0 Å². The van der Waals surface area contributed by atoms with Crippen molar-refractivity contribution in [1.29, 1.82) is 0 Å². The van der Waals surface area contributed by atoms with Crippen LogP contribution in [0.15, 0.2) is 48.5 Å². The number of methoxy groups -OCH3 is 1. The van der Waals surface area contributed by atoms with Crippen LogP contribution in [0.1, 0.15) is 37.0 Å². The third-order valence-corrected chi connectivity index (χ3v) is 6.09. The summed E-state index contributed by atoms with van der Waals surface area (Å²) >= 11 is 0. The maximum absolute atomic E-state index is 13.2. The van der Waals surface area contributed by atoms with Crippen molar-refractivity contribution in [2.75, 3.05) is 39.9 Å². The van der Waals surface area contributed by atoms with Crippen LogP contribution in [0.25, 0.3) is 0 Å². The molecular formula is C25H32N2O4. The minimum absolute atomic E-state index is 0.135. The van der Waals surface area contributed by atoms with Gasteiger partial charge in [-0.15, -0.1) is 0 Å². The van der Waals surface area contributed by atoms with Crippen molar-refractivity contribution < 1.29 is 19.0 Å². The van der Waals surface area contributed by atoms with E-state index in [-0.39, 0.29) is 18.1 Å². The monoisotopic (exact) mass is 424 g/mol. The quantitative estimate of drug-likeness (QED) is 0.679. The molecule has 31 heavy (non-hydrogen) atoms. The molecule has 1 amide bonds. The molecule has 2 aliphatic heterocycles. The molecule has 0 aromatic heterocycles. The van der Waals surface area contributed by atoms with Crippen molar-refractivity contribution in [3.8, 4) is 11.5 Å². The molecule has 2 atom stereocenters. The second-order valence-corrected chi connectivity index (χ2v) is 8.19. The van der Waals surface area contributed by atoms with E-state index in [1.807, 2.05) is 54.3 Å². The average Bonchev–Trinajstić information content (AvgIpc) is 3.24. The first-order valence-corrected chi connectivity index (χ1v) is 11.2. The Bertz CT molecular complexity index is 881. The number of carbonyl (C=O) groups excluding carboxylic acids is 1. The Labute approximate surface area is 184 Å². The van der Waals surface area contributed by atoms with Gasteiger partial charge in [-0.1, -0.05) is 36.4 Å². The molecule has 0 radical (unpaired) electrons. The highest BCUT2D eigenvalue weighted by Crippen LogP contribution is 2.34. The zero-order chi connectivity index (χ0) is 21.6. The maximum Gasteiger partial charge on any atom is 0.236 e. The third kappa shape index (κ3) is 5.20. The number of hydrogen-bond donors (Lipinski definition) is 0. The molecule has 2 aromatic carbocycles. The SMILES string of the molecule is CCN(C[C@H]1CCCO1)C(=O)CN1Cc2ccccc2O[C@H](c2ccccc2OC)C1. The van der Waals surface area contributed by atoms with Crippen LogP contribution < -0.4 is 9.47 Å². The molecule has 0 bridgehead atoms. The van der Waals surface area contributed by atoms with E-state index in [1.165, 1.54) is 0 Å². The van der Waals surface area contributed by atoms with E-state index in [4.69, 9.17) is 14.2 Å². The van der Waals surface area contributed by atoms with Gasteiger partial charge in [0.25, 0.3) is 0 Å². The second kappa shape index (κ2) is 10.2. The van der Waals surface area contributed by atoms with Crippen LogP contribution in [0, 0.1) is 0 Å². The van der Waals surface area contributed by atoms with Gasteiger partial charge in [0.05, 0.1) is 19.8 Å². The van der Waals surface area contributed by atoms with E-state index in [1.54, 1.807) is 7.11 Å². The number of carbonyl (C=O) groups is 1. The number of nitrogens with zero attached hydrogens (tertiary/aromatic N) is 2. The molecule has 2 aromatic rings. The standard InChI is InChI=1S/C25H32N2O4/c1-3-27(16-20-10-8-14-30-20)25(28)18-26-15-19-9-4-6-12-22(19)31-24(17-26)21-11-5-7-13-23(21)29-2/h4-7,9,11-13,20,24H,3,8,10,14-18H2,1-2H3/t20-,24+/m1/s1. The Hall–Kier alpha value is -2.57. The fraction of sp³-hybridized carbons (Fsp3) is 0.480. The number of para-hydroxylation sites is 2. The van der Waals surface area contributed by atoms with Crippen LogP contribution in [0.3, 0.4) is 0 Å². The predicted molar refractivity (Wildman–Crippen MR) is 119 cm³/mol. The fourth-order valence-electron chi connectivity index (χ4n) is 4.43. The second-order valence-electron chi connectivity index (χ2n) is 8.19. The molecular weight excluding hydrogens is 392 g/mol. The summed E-state index contributed by atoms with van der Waals surface area (Å²) in [5.74, 6) is 1.79. The summed E-state index contributed by atoms with van der Waals surface area (Å²) < 4.78 is 17.8. The number of fused-ring (bicyclic) bond motifs is 1. The lowest BCUT2D eigenvalue weighted by Gasteiger charge is -2.29. The summed E-state index contributed by atoms with van der Waals surface area (Å²) in [6.07, 6.45) is 2.06. The Morgan fingerprint density at radius 3 is 2.77 bits per heavy atom. The highest BCUT2D eigenvalue weighted by molar-refractivity contribution is 5.78. The van der Waals surface area contributed by atoms with Gasteiger partial charge in [0.2, 0.25) is 5.91 Å². The van der Waals surface area contributed by atoms with Gasteiger partial charge < -0.3 is 19.1 Å². The predicted octanol–water partition coefficient (Wildman–Crippen LogP) is 3.66. The first-order valence-electron chi connectivity index (χ1n) is 11.2. The van der Waals surface area contributed by atoms with Gasteiger partial charge in [0.1, 0.15) is 17.6 Å². The summed E-state index contributed by atoms with van der Waals surface area (Å²) in [6.45, 7) is 5.83. The van der Waals surface area contributed by atoms with Crippen molar-refractivity contribution in [3.63, 3.8) is 0 Å². The van der Waals surface area contributed by atoms with Gasteiger partial charge in [0.15, 0.2) is 0 Å². The number of hydrogen-bond acceptors (Lipinski definition) is 5. The van der Waals surface area contributed by atoms with Crippen LogP contribution in [-0.2, 0) is 16.1 Å². The molecule has 0 aliphatic carbocycles. The molecule has 2 aliphatic rings. The van der Waals surface area contributed by atoms with Crippen molar-refractivity contribution in [1.82, 2.24) is 9.80 Å². The average molecular weight is 425 g/mol. The molecule has 1 fully saturated rings. The molecule has 4 rings (SSSR count). The zero-order valence-electron chi connectivity index (χ0n) is 18.5. The summed E-state index contributed by atoms with van der Waals surface area (Å²) in [5, 5.41) is 0. The lowest BCUT2D eigenvalue weighted by atomic mass is 10.1. The molecule has 0 spiro atoms. The minimum atomic E-state index is -0.221. The molecule has 0 unspecified atom stereocenters. The van der Waals surface area contributed by atoms with Crippen molar-refractivity contribution in [3.05, 3.63) is 59.7 Å². The Balaban J connectivity index is 1.54. The van der Waals surface area contributed by atoms with Crippen LogP contribution in [0.5, 0.6) is 11.5 Å². The molecule has 2 heterocycles. The largest absolute Gasteiger partial charge is 0.496 e. The summed E-state index contributed by atoms with van der Waals surface area (Å²) in [6, 6.07) is 16.0.